The normalized spacial score (nSPS) is 10.7. The van der Waals surface area contributed by atoms with Crippen LogP contribution in [0.3, 0.4) is 0 Å². The monoisotopic (exact) mass is 452 g/mol. The number of anilines is 2. The lowest BCUT2D eigenvalue weighted by atomic mass is 10.0. The second-order valence-corrected chi connectivity index (χ2v) is 8.75. The van der Waals surface area contributed by atoms with Crippen LogP contribution < -0.4 is 10.6 Å². The van der Waals surface area contributed by atoms with Gasteiger partial charge in [-0.05, 0) is 28.5 Å². The number of aromatic nitrogens is 2. The third-order valence-electron chi connectivity index (χ3n) is 4.36. The largest absolute Gasteiger partial charge is 0.323 e. The highest BCUT2D eigenvalue weighted by molar-refractivity contribution is 8.01. The molecule has 4 aromatic rings. The Bertz CT molecular complexity index is 1240. The van der Waals surface area contributed by atoms with Crippen LogP contribution in [0.1, 0.15) is 5.56 Å². The Morgan fingerprint density at radius 2 is 1.68 bits per heavy atom. The summed E-state index contributed by atoms with van der Waals surface area (Å²) in [5.74, 6) is -0.992. The number of fused-ring (bicyclic) bond motifs is 1. The number of benzene rings is 3. The number of nitrogens with one attached hydrogen (secondary N) is 2. The zero-order valence-corrected chi connectivity index (χ0v) is 17.8. The van der Waals surface area contributed by atoms with E-state index in [2.05, 4.69) is 20.8 Å². The molecule has 0 spiro atoms. The van der Waals surface area contributed by atoms with Crippen molar-refractivity contribution < 1.29 is 14.0 Å². The summed E-state index contributed by atoms with van der Waals surface area (Å²) in [6.45, 7) is 0. The van der Waals surface area contributed by atoms with Crippen LogP contribution in [0.15, 0.2) is 71.1 Å². The molecule has 0 fully saturated rings. The molecular formula is C22H17FN4O2S2. The van der Waals surface area contributed by atoms with Gasteiger partial charge in [-0.2, -0.15) is 0 Å². The molecule has 0 saturated carbocycles. The number of hydrogen-bond acceptors (Lipinski definition) is 6. The van der Waals surface area contributed by atoms with E-state index in [1.807, 2.05) is 42.5 Å². The molecule has 0 atom stereocenters. The minimum atomic E-state index is -0.493. The summed E-state index contributed by atoms with van der Waals surface area (Å²) in [5.41, 5.74) is 1.06. The Morgan fingerprint density at radius 3 is 2.55 bits per heavy atom. The molecule has 0 radical (unpaired) electrons. The second kappa shape index (κ2) is 9.67. The van der Waals surface area contributed by atoms with Crippen LogP contribution in [-0.2, 0) is 16.0 Å². The van der Waals surface area contributed by atoms with Crippen LogP contribution in [0, 0.1) is 5.82 Å². The lowest BCUT2D eigenvalue weighted by Gasteiger charge is -2.06. The van der Waals surface area contributed by atoms with Crippen molar-refractivity contribution in [3.05, 3.63) is 78.1 Å². The molecule has 6 nitrogen and oxygen atoms in total. The Labute approximate surface area is 185 Å². The maximum atomic E-state index is 13.6. The molecule has 156 valence electrons. The molecule has 31 heavy (non-hydrogen) atoms. The first-order valence-electron chi connectivity index (χ1n) is 9.35. The van der Waals surface area contributed by atoms with Crippen LogP contribution >= 0.6 is 23.1 Å². The zero-order valence-electron chi connectivity index (χ0n) is 16.2. The molecule has 0 aliphatic heterocycles. The average molecular weight is 453 g/mol. The van der Waals surface area contributed by atoms with Crippen molar-refractivity contribution >= 4 is 56.5 Å². The van der Waals surface area contributed by atoms with Crippen molar-refractivity contribution in [3.8, 4) is 0 Å². The van der Waals surface area contributed by atoms with E-state index in [-0.39, 0.29) is 29.7 Å². The van der Waals surface area contributed by atoms with E-state index >= 15 is 0 Å². The summed E-state index contributed by atoms with van der Waals surface area (Å²) in [6.07, 6.45) is 0.217. The topological polar surface area (TPSA) is 84.0 Å². The molecular weight excluding hydrogens is 435 g/mol. The van der Waals surface area contributed by atoms with Crippen LogP contribution in [-0.4, -0.2) is 27.8 Å². The molecule has 0 unspecified atom stereocenters. The summed E-state index contributed by atoms with van der Waals surface area (Å²) < 4.78 is 14.1. The first-order valence-corrected chi connectivity index (χ1v) is 11.2. The van der Waals surface area contributed by atoms with Gasteiger partial charge in [-0.15, -0.1) is 10.2 Å². The van der Waals surface area contributed by atoms with E-state index in [4.69, 9.17) is 0 Å². The van der Waals surface area contributed by atoms with E-state index in [1.165, 1.54) is 35.2 Å². The molecule has 9 heteroatoms. The highest BCUT2D eigenvalue weighted by Crippen LogP contribution is 2.26. The number of hydrogen-bond donors (Lipinski definition) is 2. The van der Waals surface area contributed by atoms with Gasteiger partial charge in [0.25, 0.3) is 0 Å². The van der Waals surface area contributed by atoms with Crippen molar-refractivity contribution in [1.29, 1.82) is 0 Å². The SMILES string of the molecule is O=C(Cc1cccc2ccccc12)Nc1nnc(SCC(=O)Nc2ccccc2F)s1. The van der Waals surface area contributed by atoms with Gasteiger partial charge in [0, 0.05) is 0 Å². The predicted octanol–water partition coefficient (Wildman–Crippen LogP) is 4.74. The molecule has 4 rings (SSSR count). The van der Waals surface area contributed by atoms with Gasteiger partial charge in [0.05, 0.1) is 17.9 Å². The van der Waals surface area contributed by atoms with Gasteiger partial charge >= 0.3 is 0 Å². The van der Waals surface area contributed by atoms with Gasteiger partial charge in [-0.25, -0.2) is 4.39 Å². The predicted molar refractivity (Wildman–Crippen MR) is 122 cm³/mol. The fourth-order valence-corrected chi connectivity index (χ4v) is 4.55. The highest BCUT2D eigenvalue weighted by Gasteiger charge is 2.13. The number of para-hydroxylation sites is 1. The van der Waals surface area contributed by atoms with Crippen LogP contribution in [0.5, 0.6) is 0 Å². The fraction of sp³-hybridized carbons (Fsp3) is 0.0909. The quantitative estimate of drug-likeness (QED) is 0.313. The van der Waals surface area contributed by atoms with Crippen LogP contribution in [0.4, 0.5) is 15.2 Å². The highest BCUT2D eigenvalue weighted by atomic mass is 32.2. The van der Waals surface area contributed by atoms with Crippen molar-refractivity contribution in [2.75, 3.05) is 16.4 Å². The van der Waals surface area contributed by atoms with E-state index in [0.29, 0.717) is 9.47 Å². The summed E-state index contributed by atoms with van der Waals surface area (Å²) in [6, 6.07) is 19.7. The number of nitrogens with zero attached hydrogens (tertiary/aromatic N) is 2. The molecule has 2 amide bonds. The summed E-state index contributed by atoms with van der Waals surface area (Å²) in [5, 5.41) is 15.7. The van der Waals surface area contributed by atoms with E-state index in [1.54, 1.807) is 12.1 Å². The van der Waals surface area contributed by atoms with Gasteiger partial charge in [-0.3, -0.25) is 9.59 Å². The minimum absolute atomic E-state index is 0.0485. The van der Waals surface area contributed by atoms with E-state index < -0.39 is 5.82 Å². The Kier molecular flexibility index (Phi) is 6.54. The summed E-state index contributed by atoms with van der Waals surface area (Å²) in [7, 11) is 0. The summed E-state index contributed by atoms with van der Waals surface area (Å²) >= 11 is 2.35. The minimum Gasteiger partial charge on any atom is -0.323 e. The number of halogens is 1. The Hall–Kier alpha value is -3.30. The molecule has 0 aliphatic rings. The molecule has 0 saturated heterocycles. The zero-order chi connectivity index (χ0) is 21.6. The van der Waals surface area contributed by atoms with Gasteiger partial charge in [0.1, 0.15) is 5.82 Å². The maximum Gasteiger partial charge on any atom is 0.234 e. The number of thioether (sulfide) groups is 1. The number of rotatable bonds is 7. The first kappa shape index (κ1) is 21.0. The lowest BCUT2D eigenvalue weighted by molar-refractivity contribution is -0.115. The Morgan fingerprint density at radius 1 is 0.903 bits per heavy atom. The first-order chi connectivity index (χ1) is 15.1. The molecule has 0 aliphatic carbocycles. The summed E-state index contributed by atoms with van der Waals surface area (Å²) in [4.78, 5) is 24.5. The number of carbonyl (C=O) groups excluding carboxylic acids is 2. The Balaban J connectivity index is 1.31. The average Bonchev–Trinajstić information content (AvgIpc) is 3.21. The smallest absolute Gasteiger partial charge is 0.234 e. The molecule has 0 bridgehead atoms. The van der Waals surface area contributed by atoms with E-state index in [0.717, 1.165) is 16.3 Å². The van der Waals surface area contributed by atoms with Crippen molar-refractivity contribution in [1.82, 2.24) is 10.2 Å². The van der Waals surface area contributed by atoms with Crippen molar-refractivity contribution in [3.63, 3.8) is 0 Å². The third kappa shape index (κ3) is 5.44. The van der Waals surface area contributed by atoms with Gasteiger partial charge < -0.3 is 10.6 Å². The lowest BCUT2D eigenvalue weighted by Crippen LogP contribution is -2.14. The number of amides is 2. The molecule has 3 aromatic carbocycles. The second-order valence-electron chi connectivity index (χ2n) is 6.55. The molecule has 1 heterocycles. The van der Waals surface area contributed by atoms with E-state index in [9.17, 15) is 14.0 Å². The maximum absolute atomic E-state index is 13.6. The number of carbonyl (C=O) groups is 2. The van der Waals surface area contributed by atoms with Gasteiger partial charge in [-0.1, -0.05) is 77.7 Å². The standard InChI is InChI=1S/C22H17FN4O2S2/c23-17-10-3-4-11-18(17)24-20(29)13-30-22-27-26-21(31-22)25-19(28)12-15-8-5-7-14-6-1-2-9-16(14)15/h1-11H,12-13H2,(H,24,29)(H,25,26,28). The van der Waals surface area contributed by atoms with Crippen LogP contribution in [0.25, 0.3) is 10.8 Å². The van der Waals surface area contributed by atoms with Crippen LogP contribution in [0.2, 0.25) is 0 Å². The van der Waals surface area contributed by atoms with Gasteiger partial charge in [0.15, 0.2) is 4.34 Å². The van der Waals surface area contributed by atoms with Crippen molar-refractivity contribution in [2.45, 2.75) is 10.8 Å². The molecule has 1 aromatic heterocycles. The third-order valence-corrected chi connectivity index (χ3v) is 6.33. The van der Waals surface area contributed by atoms with Gasteiger partial charge in [0.2, 0.25) is 16.9 Å². The van der Waals surface area contributed by atoms with Crippen molar-refractivity contribution in [2.24, 2.45) is 0 Å². The molecule has 2 N–H and O–H groups in total. The fourth-order valence-electron chi connectivity index (χ4n) is 2.98.